The molecule has 2 N–H and O–H groups in total. The van der Waals surface area contributed by atoms with Crippen molar-refractivity contribution in [2.45, 2.75) is 187 Å². The first-order chi connectivity index (χ1) is 28.5. The van der Waals surface area contributed by atoms with E-state index in [9.17, 15) is 19.4 Å². The number of hydrogen-bond donors (Lipinski definition) is 2. The van der Waals surface area contributed by atoms with Crippen LogP contribution in [0, 0.1) is 0 Å². The minimum Gasteiger partial charge on any atom is -0.756 e. The monoisotopic (exact) mass is 845 g/mol. The molecule has 0 saturated heterocycles. The van der Waals surface area contributed by atoms with E-state index >= 15 is 0 Å². The van der Waals surface area contributed by atoms with Crippen LogP contribution in [0.15, 0.2) is 85.1 Å². The number of phosphoric acid groups is 1. The van der Waals surface area contributed by atoms with E-state index < -0.39 is 26.6 Å². The Morgan fingerprint density at radius 3 is 1.54 bits per heavy atom. The van der Waals surface area contributed by atoms with Crippen molar-refractivity contribution in [1.29, 1.82) is 0 Å². The second-order valence-corrected chi connectivity index (χ2v) is 18.1. The van der Waals surface area contributed by atoms with Crippen molar-refractivity contribution >= 4 is 13.7 Å². The largest absolute Gasteiger partial charge is 0.756 e. The summed E-state index contributed by atoms with van der Waals surface area (Å²) in [5.41, 5.74) is 0. The second kappa shape index (κ2) is 41.1. The van der Waals surface area contributed by atoms with Gasteiger partial charge in [-0.05, 0) is 57.8 Å². The van der Waals surface area contributed by atoms with Gasteiger partial charge in [-0.25, -0.2) is 0 Å². The highest BCUT2D eigenvalue weighted by molar-refractivity contribution is 7.45. The summed E-state index contributed by atoms with van der Waals surface area (Å²) < 4.78 is 23.1. The van der Waals surface area contributed by atoms with E-state index in [-0.39, 0.29) is 18.9 Å². The van der Waals surface area contributed by atoms with Gasteiger partial charge < -0.3 is 28.8 Å². The van der Waals surface area contributed by atoms with Gasteiger partial charge in [-0.1, -0.05) is 195 Å². The molecule has 1 amide bonds. The summed E-state index contributed by atoms with van der Waals surface area (Å²) in [5.74, 6) is -0.337. The third-order valence-corrected chi connectivity index (χ3v) is 10.8. The summed E-state index contributed by atoms with van der Waals surface area (Å²) >= 11 is 0. The topological polar surface area (TPSA) is 108 Å². The van der Waals surface area contributed by atoms with Crippen molar-refractivity contribution < 1.29 is 32.9 Å². The average molecular weight is 845 g/mol. The fourth-order valence-electron chi connectivity index (χ4n) is 6.18. The van der Waals surface area contributed by atoms with Crippen LogP contribution >= 0.6 is 7.82 Å². The molecule has 340 valence electrons. The molecule has 0 saturated carbocycles. The van der Waals surface area contributed by atoms with E-state index in [0.29, 0.717) is 17.4 Å². The van der Waals surface area contributed by atoms with Gasteiger partial charge in [0.15, 0.2) is 0 Å². The number of nitrogens with one attached hydrogen (secondary N) is 1. The molecule has 0 aromatic carbocycles. The van der Waals surface area contributed by atoms with Gasteiger partial charge in [0.2, 0.25) is 5.91 Å². The van der Waals surface area contributed by atoms with Crippen LogP contribution < -0.4 is 10.2 Å². The molecule has 59 heavy (non-hydrogen) atoms. The van der Waals surface area contributed by atoms with E-state index in [1.807, 2.05) is 33.3 Å². The van der Waals surface area contributed by atoms with Crippen LogP contribution in [0.3, 0.4) is 0 Å². The first kappa shape index (κ1) is 56.7. The van der Waals surface area contributed by atoms with E-state index in [0.717, 1.165) is 44.9 Å². The van der Waals surface area contributed by atoms with Gasteiger partial charge in [-0.3, -0.25) is 9.36 Å². The number of hydrogen-bond acceptors (Lipinski definition) is 6. The van der Waals surface area contributed by atoms with E-state index in [1.165, 1.54) is 103 Å². The molecule has 0 aromatic heterocycles. The molecule has 0 aliphatic carbocycles. The summed E-state index contributed by atoms with van der Waals surface area (Å²) in [7, 11) is 1.17. The average Bonchev–Trinajstić information content (AvgIpc) is 3.19. The lowest BCUT2D eigenvalue weighted by molar-refractivity contribution is -0.870. The molecule has 0 rings (SSSR count). The molecule has 0 heterocycles. The Kier molecular flexibility index (Phi) is 39.4. The zero-order chi connectivity index (χ0) is 43.6. The smallest absolute Gasteiger partial charge is 0.268 e. The fourth-order valence-corrected chi connectivity index (χ4v) is 6.90. The standard InChI is InChI=1S/C50H89N2O6P/c1-6-8-10-12-14-16-18-20-22-23-24-25-26-27-28-30-31-33-35-37-39-41-43-49(53)48(47-58-59(55,56)57-46-45-52(3,4)5)51-50(54)44-42-40-38-36-34-32-29-21-19-17-15-13-11-9-7-2/h9,11,15,17,21,29,33-36,40-43,48-49,53H,6-8,10,12-14,16,18-20,22-28,30-32,37-39,44-47H2,1-5H3,(H-,51,54,55,56)/b11-9-,17-15-,29-21-,35-33+,36-34-,42-40-,43-41+. The van der Waals surface area contributed by atoms with Crippen molar-refractivity contribution in [3.05, 3.63) is 85.1 Å². The molecule has 0 aliphatic rings. The van der Waals surface area contributed by atoms with Gasteiger partial charge in [0.25, 0.3) is 7.82 Å². The molecule has 8 nitrogen and oxygen atoms in total. The summed E-state index contributed by atoms with van der Waals surface area (Å²) in [6.45, 7) is 4.42. The Labute approximate surface area is 363 Å². The number of allylic oxidation sites excluding steroid dienone is 12. The van der Waals surface area contributed by atoms with Crippen molar-refractivity contribution in [2.24, 2.45) is 0 Å². The van der Waals surface area contributed by atoms with E-state index in [4.69, 9.17) is 9.05 Å². The molecule has 0 radical (unpaired) electrons. The number of unbranched alkanes of at least 4 members (excludes halogenated alkanes) is 17. The number of aliphatic hydroxyl groups excluding tert-OH is 1. The summed E-state index contributed by atoms with van der Waals surface area (Å²) in [4.78, 5) is 25.2. The lowest BCUT2D eigenvalue weighted by atomic mass is 10.0. The first-order valence-corrected chi connectivity index (χ1v) is 24.9. The lowest BCUT2D eigenvalue weighted by Crippen LogP contribution is -2.45. The van der Waals surface area contributed by atoms with Gasteiger partial charge in [0.05, 0.1) is 39.9 Å². The lowest BCUT2D eigenvalue weighted by Gasteiger charge is -2.29. The highest BCUT2D eigenvalue weighted by atomic mass is 31.2. The third kappa shape index (κ3) is 43.6. The second-order valence-electron chi connectivity index (χ2n) is 16.7. The maximum atomic E-state index is 12.8. The van der Waals surface area contributed by atoms with Crippen LogP contribution in [-0.2, 0) is 18.4 Å². The quantitative estimate of drug-likeness (QED) is 0.0275. The zero-order valence-electron chi connectivity index (χ0n) is 38.4. The Hall–Kier alpha value is -2.32. The third-order valence-electron chi connectivity index (χ3n) is 9.87. The summed E-state index contributed by atoms with van der Waals surface area (Å²) in [6, 6.07) is -0.962. The number of rotatable bonds is 41. The number of aliphatic hydroxyl groups is 1. The molecule has 3 unspecified atom stereocenters. The Morgan fingerprint density at radius 1 is 0.610 bits per heavy atom. The van der Waals surface area contributed by atoms with Crippen LogP contribution in [-0.4, -0.2) is 68.5 Å². The van der Waals surface area contributed by atoms with Crippen LogP contribution in [0.2, 0.25) is 0 Å². The minimum atomic E-state index is -4.63. The predicted octanol–water partition coefficient (Wildman–Crippen LogP) is 12.7. The normalized spacial score (nSPS) is 15.0. The molecule has 0 aliphatic heterocycles. The molecule has 9 heteroatoms. The molecule has 3 atom stereocenters. The number of quaternary nitrogens is 1. The number of carbonyl (C=O) groups excluding carboxylic acids is 1. The minimum absolute atomic E-state index is 0.0270. The zero-order valence-corrected chi connectivity index (χ0v) is 39.3. The summed E-state index contributed by atoms with van der Waals surface area (Å²) in [5, 5.41) is 13.7. The van der Waals surface area contributed by atoms with E-state index in [1.54, 1.807) is 12.2 Å². The number of likely N-dealkylation sites (N-methyl/N-ethyl adjacent to an activating group) is 1. The predicted molar refractivity (Wildman–Crippen MR) is 251 cm³/mol. The van der Waals surface area contributed by atoms with Crippen molar-refractivity contribution in [3.8, 4) is 0 Å². The highest BCUT2D eigenvalue weighted by Gasteiger charge is 2.22. The van der Waals surface area contributed by atoms with Crippen molar-refractivity contribution in [3.63, 3.8) is 0 Å². The molecular weight excluding hydrogens is 756 g/mol. The Morgan fingerprint density at radius 2 is 1.05 bits per heavy atom. The molecule has 0 spiro atoms. The van der Waals surface area contributed by atoms with Gasteiger partial charge in [-0.15, -0.1) is 0 Å². The van der Waals surface area contributed by atoms with Crippen LogP contribution in [0.25, 0.3) is 0 Å². The van der Waals surface area contributed by atoms with Crippen LogP contribution in [0.1, 0.15) is 174 Å². The maximum Gasteiger partial charge on any atom is 0.268 e. The van der Waals surface area contributed by atoms with Crippen LogP contribution in [0.5, 0.6) is 0 Å². The maximum absolute atomic E-state index is 12.8. The van der Waals surface area contributed by atoms with Gasteiger partial charge in [-0.2, -0.15) is 0 Å². The molecule has 0 aromatic rings. The van der Waals surface area contributed by atoms with Gasteiger partial charge >= 0.3 is 0 Å². The Balaban J connectivity index is 4.53. The highest BCUT2D eigenvalue weighted by Crippen LogP contribution is 2.38. The molecule has 0 fully saturated rings. The van der Waals surface area contributed by atoms with Crippen molar-refractivity contribution in [1.82, 2.24) is 5.32 Å². The number of phosphoric ester groups is 1. The van der Waals surface area contributed by atoms with E-state index in [2.05, 4.69) is 79.9 Å². The van der Waals surface area contributed by atoms with Crippen LogP contribution in [0.4, 0.5) is 0 Å². The molecule has 0 bridgehead atoms. The fraction of sp³-hybridized carbons (Fsp3) is 0.700. The Bertz CT molecular complexity index is 1230. The molecular formula is C50H89N2O6P. The summed E-state index contributed by atoms with van der Waals surface area (Å²) in [6.07, 6.45) is 56.8. The number of nitrogens with zero attached hydrogens (tertiary/aromatic N) is 1. The number of carbonyl (C=O) groups is 1. The SMILES string of the molecule is CC/C=C\C/C=C\C/C=C\C/C=C\C/C=C\CC(=O)NC(COP(=O)([O-])OCC[N+](C)(C)C)C(O)/C=C/CC/C=C/CCCCCCCCCCCCCCCCCC. The van der Waals surface area contributed by atoms with Gasteiger partial charge in [0, 0.05) is 6.42 Å². The van der Waals surface area contributed by atoms with Gasteiger partial charge in [0.1, 0.15) is 13.2 Å². The number of amides is 1. The van der Waals surface area contributed by atoms with Crippen molar-refractivity contribution in [2.75, 3.05) is 40.9 Å². The first-order valence-electron chi connectivity index (χ1n) is 23.4.